The number of hydrogen-bond acceptors (Lipinski definition) is 4. The summed E-state index contributed by atoms with van der Waals surface area (Å²) < 4.78 is 26.9. The van der Waals surface area contributed by atoms with Crippen LogP contribution in [0.25, 0.3) is 0 Å². The first-order valence-electron chi connectivity index (χ1n) is 6.85. The van der Waals surface area contributed by atoms with Crippen molar-refractivity contribution in [2.24, 2.45) is 5.92 Å². The van der Waals surface area contributed by atoms with E-state index in [1.165, 1.54) is 10.4 Å². The first-order valence-corrected chi connectivity index (χ1v) is 8.29. The van der Waals surface area contributed by atoms with Crippen LogP contribution in [-0.2, 0) is 10.0 Å². The molecule has 2 aliphatic heterocycles. The second-order valence-electron chi connectivity index (χ2n) is 5.39. The Kier molecular flexibility index (Phi) is 3.50. The molecule has 0 saturated carbocycles. The average molecular weight is 291 g/mol. The Morgan fingerprint density at radius 1 is 1.30 bits per heavy atom. The summed E-state index contributed by atoms with van der Waals surface area (Å²) in [6.07, 6.45) is 2.17. The van der Waals surface area contributed by atoms with Crippen molar-refractivity contribution in [3.05, 3.63) is 29.8 Å². The van der Waals surface area contributed by atoms with Gasteiger partial charge in [0.15, 0.2) is 0 Å². The third-order valence-corrected chi connectivity index (χ3v) is 6.08. The fourth-order valence-electron chi connectivity index (χ4n) is 3.13. The van der Waals surface area contributed by atoms with E-state index in [-0.39, 0.29) is 16.5 Å². The molecule has 0 aromatic heterocycles. The van der Waals surface area contributed by atoms with Gasteiger partial charge in [-0.15, -0.1) is 0 Å². The zero-order valence-corrected chi connectivity index (χ0v) is 11.9. The highest BCUT2D eigenvalue weighted by Gasteiger charge is 2.40. The van der Waals surface area contributed by atoms with Crippen LogP contribution in [0.1, 0.15) is 18.4 Å². The van der Waals surface area contributed by atoms with Crippen molar-refractivity contribution in [1.82, 2.24) is 9.62 Å². The monoisotopic (exact) mass is 291 g/mol. The van der Waals surface area contributed by atoms with E-state index in [4.69, 9.17) is 5.26 Å². The van der Waals surface area contributed by atoms with Gasteiger partial charge in [-0.1, -0.05) is 12.1 Å². The van der Waals surface area contributed by atoms with E-state index in [1.807, 2.05) is 6.07 Å². The fraction of sp³-hybridized carbons (Fsp3) is 0.500. The number of nitriles is 1. The third kappa shape index (κ3) is 2.22. The van der Waals surface area contributed by atoms with Gasteiger partial charge in [0.05, 0.1) is 10.5 Å². The molecule has 6 heteroatoms. The second kappa shape index (κ2) is 5.17. The molecule has 0 spiro atoms. The standard InChI is InChI=1S/C14H17N3O2S/c15-8-11-4-1-2-6-14(11)20(18,19)17-9-12-5-3-7-16-13(12)10-17/h1-2,4,6,12-13,16H,3,5,7,9-10H2. The summed E-state index contributed by atoms with van der Waals surface area (Å²) in [6, 6.07) is 8.64. The molecule has 0 bridgehead atoms. The van der Waals surface area contributed by atoms with Crippen molar-refractivity contribution in [2.45, 2.75) is 23.8 Å². The highest BCUT2D eigenvalue weighted by Crippen LogP contribution is 2.30. The molecule has 0 aliphatic carbocycles. The van der Waals surface area contributed by atoms with Gasteiger partial charge >= 0.3 is 0 Å². The second-order valence-corrected chi connectivity index (χ2v) is 7.30. The molecule has 2 fully saturated rings. The summed E-state index contributed by atoms with van der Waals surface area (Å²) in [4.78, 5) is 0.126. The van der Waals surface area contributed by atoms with E-state index >= 15 is 0 Å². The third-order valence-electron chi connectivity index (χ3n) is 4.19. The largest absolute Gasteiger partial charge is 0.312 e. The van der Waals surface area contributed by atoms with Crippen LogP contribution in [0, 0.1) is 17.2 Å². The molecule has 1 N–H and O–H groups in total. The van der Waals surface area contributed by atoms with E-state index in [1.54, 1.807) is 18.2 Å². The van der Waals surface area contributed by atoms with Gasteiger partial charge < -0.3 is 5.32 Å². The highest BCUT2D eigenvalue weighted by molar-refractivity contribution is 7.89. The summed E-state index contributed by atoms with van der Waals surface area (Å²) in [5.74, 6) is 0.396. The predicted octanol–water partition coefficient (Wildman–Crippen LogP) is 0.931. The molecule has 1 aromatic rings. The van der Waals surface area contributed by atoms with Gasteiger partial charge in [-0.25, -0.2) is 8.42 Å². The molecule has 3 rings (SSSR count). The van der Waals surface area contributed by atoms with Crippen LogP contribution in [0.5, 0.6) is 0 Å². The molecule has 2 aliphatic rings. The molecule has 106 valence electrons. The number of sulfonamides is 1. The Morgan fingerprint density at radius 3 is 2.85 bits per heavy atom. The summed E-state index contributed by atoms with van der Waals surface area (Å²) in [5, 5.41) is 12.5. The van der Waals surface area contributed by atoms with Crippen molar-refractivity contribution in [3.63, 3.8) is 0 Å². The van der Waals surface area contributed by atoms with Crippen LogP contribution >= 0.6 is 0 Å². The van der Waals surface area contributed by atoms with E-state index in [9.17, 15) is 8.42 Å². The molecule has 0 amide bonds. The van der Waals surface area contributed by atoms with Crippen molar-refractivity contribution in [1.29, 1.82) is 5.26 Å². The van der Waals surface area contributed by atoms with Gasteiger partial charge in [-0.05, 0) is 37.4 Å². The minimum atomic E-state index is -3.57. The summed E-state index contributed by atoms with van der Waals surface area (Å²) in [6.45, 7) is 2.02. The van der Waals surface area contributed by atoms with Crippen LogP contribution < -0.4 is 5.32 Å². The SMILES string of the molecule is N#Cc1ccccc1S(=O)(=O)N1CC2CCCNC2C1. The van der Waals surface area contributed by atoms with Crippen LogP contribution in [0.4, 0.5) is 0 Å². The van der Waals surface area contributed by atoms with Crippen molar-refractivity contribution in [2.75, 3.05) is 19.6 Å². The Morgan fingerprint density at radius 2 is 2.10 bits per heavy atom. The summed E-state index contributed by atoms with van der Waals surface area (Å²) >= 11 is 0. The van der Waals surface area contributed by atoms with E-state index in [0.717, 1.165) is 19.4 Å². The lowest BCUT2D eigenvalue weighted by Crippen LogP contribution is -2.41. The summed E-state index contributed by atoms with van der Waals surface area (Å²) in [7, 11) is -3.57. The molecule has 1 aromatic carbocycles. The number of nitrogens with zero attached hydrogens (tertiary/aromatic N) is 2. The van der Waals surface area contributed by atoms with E-state index in [2.05, 4.69) is 5.32 Å². The van der Waals surface area contributed by atoms with Gasteiger partial charge in [0.1, 0.15) is 6.07 Å². The van der Waals surface area contributed by atoms with Crippen molar-refractivity contribution in [3.8, 4) is 6.07 Å². The van der Waals surface area contributed by atoms with Gasteiger partial charge in [0, 0.05) is 19.1 Å². The maximum atomic E-state index is 12.7. The van der Waals surface area contributed by atoms with Gasteiger partial charge in [0.2, 0.25) is 10.0 Å². The first kappa shape index (κ1) is 13.6. The fourth-order valence-corrected chi connectivity index (χ4v) is 4.79. The molecule has 2 unspecified atom stereocenters. The van der Waals surface area contributed by atoms with E-state index in [0.29, 0.717) is 19.0 Å². The number of hydrogen-bond donors (Lipinski definition) is 1. The highest BCUT2D eigenvalue weighted by atomic mass is 32.2. The predicted molar refractivity (Wildman–Crippen MR) is 74.4 cm³/mol. The normalized spacial score (nSPS) is 26.9. The Balaban J connectivity index is 1.91. The number of benzene rings is 1. The molecule has 5 nitrogen and oxygen atoms in total. The zero-order valence-electron chi connectivity index (χ0n) is 11.1. The number of rotatable bonds is 2. The van der Waals surface area contributed by atoms with Crippen LogP contribution in [0.2, 0.25) is 0 Å². The van der Waals surface area contributed by atoms with Crippen LogP contribution in [0.3, 0.4) is 0 Å². The molecular weight excluding hydrogens is 274 g/mol. The lowest BCUT2D eigenvalue weighted by molar-refractivity contribution is 0.339. The Hall–Kier alpha value is -1.42. The molecular formula is C14H17N3O2S. The van der Waals surface area contributed by atoms with Crippen LogP contribution in [-0.4, -0.2) is 38.4 Å². The smallest absolute Gasteiger partial charge is 0.244 e. The van der Waals surface area contributed by atoms with Gasteiger partial charge in [-0.3, -0.25) is 0 Å². The number of fused-ring (bicyclic) bond motifs is 1. The Labute approximate surface area is 119 Å². The van der Waals surface area contributed by atoms with Gasteiger partial charge in [-0.2, -0.15) is 9.57 Å². The maximum Gasteiger partial charge on any atom is 0.244 e. The van der Waals surface area contributed by atoms with Crippen molar-refractivity contribution >= 4 is 10.0 Å². The quantitative estimate of drug-likeness (QED) is 0.880. The Bertz CT molecular complexity index is 637. The number of nitrogens with one attached hydrogen (secondary N) is 1. The maximum absolute atomic E-state index is 12.7. The summed E-state index contributed by atoms with van der Waals surface area (Å²) in [5.41, 5.74) is 0.218. The molecule has 20 heavy (non-hydrogen) atoms. The average Bonchev–Trinajstić information content (AvgIpc) is 2.92. The molecule has 2 atom stereocenters. The minimum Gasteiger partial charge on any atom is -0.312 e. The van der Waals surface area contributed by atoms with Gasteiger partial charge in [0.25, 0.3) is 0 Å². The molecule has 2 saturated heterocycles. The zero-order chi connectivity index (χ0) is 14.2. The lowest BCUT2D eigenvalue weighted by atomic mass is 9.94. The first-order chi connectivity index (χ1) is 9.63. The number of piperidine rings is 1. The molecule has 0 radical (unpaired) electrons. The van der Waals surface area contributed by atoms with Crippen LogP contribution in [0.15, 0.2) is 29.2 Å². The lowest BCUT2D eigenvalue weighted by Gasteiger charge is -2.24. The van der Waals surface area contributed by atoms with Crippen molar-refractivity contribution < 1.29 is 8.42 Å². The topological polar surface area (TPSA) is 73.2 Å². The minimum absolute atomic E-state index is 0.126. The van der Waals surface area contributed by atoms with E-state index < -0.39 is 10.0 Å². The molecule has 2 heterocycles.